The van der Waals surface area contributed by atoms with Crippen LogP contribution in [0.25, 0.3) is 0 Å². The Morgan fingerprint density at radius 3 is 2.50 bits per heavy atom. The van der Waals surface area contributed by atoms with Crippen LogP contribution in [0.15, 0.2) is 0 Å². The highest BCUT2D eigenvalue weighted by atomic mass is 79.9. The molecular formula is C9H17Br. The molecule has 2 atom stereocenters. The van der Waals surface area contributed by atoms with Crippen molar-refractivity contribution < 1.29 is 0 Å². The number of halogens is 1. The third-order valence-corrected chi connectivity index (χ3v) is 4.01. The van der Waals surface area contributed by atoms with Crippen molar-refractivity contribution in [3.05, 3.63) is 0 Å². The molecule has 1 saturated carbocycles. The fraction of sp³-hybridized carbons (Fsp3) is 1.00. The molecule has 1 rings (SSSR count). The van der Waals surface area contributed by atoms with E-state index in [4.69, 9.17) is 0 Å². The summed E-state index contributed by atoms with van der Waals surface area (Å²) in [4.78, 5) is 0. The molecule has 0 nitrogen and oxygen atoms in total. The molecule has 0 amide bonds. The normalized spacial score (nSPS) is 38.1. The van der Waals surface area contributed by atoms with Crippen LogP contribution in [0.5, 0.6) is 0 Å². The van der Waals surface area contributed by atoms with E-state index in [1.54, 1.807) is 0 Å². The summed E-state index contributed by atoms with van der Waals surface area (Å²) >= 11 is 3.60. The first-order valence-corrected chi connectivity index (χ1v) is 5.43. The Morgan fingerprint density at radius 2 is 2.20 bits per heavy atom. The fourth-order valence-electron chi connectivity index (χ4n) is 1.68. The Morgan fingerprint density at radius 1 is 1.60 bits per heavy atom. The van der Waals surface area contributed by atoms with Crippen LogP contribution in [0.4, 0.5) is 0 Å². The van der Waals surface area contributed by atoms with Crippen molar-refractivity contribution in [1.82, 2.24) is 0 Å². The maximum atomic E-state index is 3.60. The van der Waals surface area contributed by atoms with Crippen molar-refractivity contribution in [2.24, 2.45) is 11.3 Å². The van der Waals surface area contributed by atoms with E-state index >= 15 is 0 Å². The lowest BCUT2D eigenvalue weighted by Crippen LogP contribution is -2.04. The Kier molecular flexibility index (Phi) is 2.79. The number of rotatable bonds is 4. The van der Waals surface area contributed by atoms with Crippen molar-refractivity contribution in [3.63, 3.8) is 0 Å². The first kappa shape index (κ1) is 8.58. The van der Waals surface area contributed by atoms with Crippen molar-refractivity contribution in [1.29, 1.82) is 0 Å². The van der Waals surface area contributed by atoms with E-state index in [-0.39, 0.29) is 0 Å². The smallest absolute Gasteiger partial charge is 0.00906 e. The highest BCUT2D eigenvalue weighted by Crippen LogP contribution is 2.56. The summed E-state index contributed by atoms with van der Waals surface area (Å²) < 4.78 is 0. The number of hydrogen-bond acceptors (Lipinski definition) is 0. The Labute approximate surface area is 72.5 Å². The summed E-state index contributed by atoms with van der Waals surface area (Å²) in [5.74, 6) is 0.985. The van der Waals surface area contributed by atoms with E-state index in [0.717, 1.165) is 11.3 Å². The molecule has 10 heavy (non-hydrogen) atoms. The molecule has 0 N–H and O–H groups in total. The zero-order valence-electron chi connectivity index (χ0n) is 6.99. The van der Waals surface area contributed by atoms with Crippen molar-refractivity contribution >= 4 is 15.9 Å². The molecule has 0 aromatic rings. The summed E-state index contributed by atoms with van der Waals surface area (Å²) in [6, 6.07) is 0. The van der Waals surface area contributed by atoms with Crippen LogP contribution >= 0.6 is 15.9 Å². The maximum absolute atomic E-state index is 3.60. The molecule has 0 heterocycles. The molecule has 60 valence electrons. The van der Waals surface area contributed by atoms with E-state index < -0.39 is 0 Å². The highest BCUT2D eigenvalue weighted by Gasteiger charge is 2.48. The minimum Gasteiger partial charge on any atom is -0.0922 e. The molecule has 1 aliphatic carbocycles. The number of unbranched alkanes of at least 4 members (excludes halogenated alkanes) is 1. The molecule has 1 fully saturated rings. The summed E-state index contributed by atoms with van der Waals surface area (Å²) in [5.41, 5.74) is 0.718. The minimum atomic E-state index is 0.718. The molecule has 0 saturated heterocycles. The molecule has 0 radical (unpaired) electrons. The molecule has 0 aromatic heterocycles. The molecule has 0 bridgehead atoms. The lowest BCUT2D eigenvalue weighted by Gasteiger charge is -2.10. The second-order valence-corrected chi connectivity index (χ2v) is 4.27. The predicted molar refractivity (Wildman–Crippen MR) is 49.5 cm³/mol. The van der Waals surface area contributed by atoms with Gasteiger partial charge in [-0.1, -0.05) is 42.6 Å². The Bertz CT molecular complexity index is 107. The monoisotopic (exact) mass is 204 g/mol. The topological polar surface area (TPSA) is 0 Å². The van der Waals surface area contributed by atoms with E-state index in [9.17, 15) is 0 Å². The van der Waals surface area contributed by atoms with Gasteiger partial charge in [-0.3, -0.25) is 0 Å². The van der Waals surface area contributed by atoms with Gasteiger partial charge in [0.25, 0.3) is 0 Å². The quantitative estimate of drug-likeness (QED) is 0.615. The van der Waals surface area contributed by atoms with Crippen LogP contribution in [0.1, 0.15) is 39.5 Å². The molecule has 0 aliphatic heterocycles. The van der Waals surface area contributed by atoms with Crippen LogP contribution in [0.3, 0.4) is 0 Å². The average Bonchev–Trinajstić information content (AvgIpc) is 2.59. The average molecular weight is 205 g/mol. The summed E-state index contributed by atoms with van der Waals surface area (Å²) in [6.45, 7) is 4.64. The molecule has 0 spiro atoms. The largest absolute Gasteiger partial charge is 0.0922 e. The number of hydrogen-bond donors (Lipinski definition) is 0. The summed E-state index contributed by atoms with van der Waals surface area (Å²) in [5, 5.41) is 1.22. The first-order chi connectivity index (χ1) is 4.75. The van der Waals surface area contributed by atoms with Gasteiger partial charge >= 0.3 is 0 Å². The zero-order chi connectivity index (χ0) is 7.61. The lowest BCUT2D eigenvalue weighted by molar-refractivity contribution is 0.464. The molecule has 1 aliphatic rings. The van der Waals surface area contributed by atoms with Crippen molar-refractivity contribution in [3.8, 4) is 0 Å². The van der Waals surface area contributed by atoms with Crippen LogP contribution in [-0.2, 0) is 0 Å². The van der Waals surface area contributed by atoms with Gasteiger partial charge in [0.15, 0.2) is 0 Å². The van der Waals surface area contributed by atoms with Crippen LogP contribution in [-0.4, -0.2) is 5.33 Å². The van der Waals surface area contributed by atoms with Gasteiger partial charge in [-0.15, -0.1) is 0 Å². The standard InChI is InChI=1S/C9H17Br/c1-3-4-5-9(7-10)6-8(9)2/h8H,3-7H2,1-2H3. The highest BCUT2D eigenvalue weighted by molar-refractivity contribution is 9.09. The van der Waals surface area contributed by atoms with Gasteiger partial charge in [-0.2, -0.15) is 0 Å². The first-order valence-electron chi connectivity index (χ1n) is 4.31. The van der Waals surface area contributed by atoms with Crippen LogP contribution in [0, 0.1) is 11.3 Å². The molecule has 2 unspecified atom stereocenters. The Hall–Kier alpha value is 0.480. The summed E-state index contributed by atoms with van der Waals surface area (Å²) in [6.07, 6.45) is 5.66. The SMILES string of the molecule is CCCCC1(CBr)CC1C. The molecule has 1 heteroatoms. The minimum absolute atomic E-state index is 0.718. The third-order valence-electron chi connectivity index (χ3n) is 2.89. The van der Waals surface area contributed by atoms with E-state index in [1.807, 2.05) is 0 Å². The van der Waals surface area contributed by atoms with Gasteiger partial charge in [0.05, 0.1) is 0 Å². The third kappa shape index (κ3) is 1.55. The van der Waals surface area contributed by atoms with Gasteiger partial charge in [-0.05, 0) is 24.2 Å². The maximum Gasteiger partial charge on any atom is 0.00906 e. The van der Waals surface area contributed by atoms with Gasteiger partial charge in [-0.25, -0.2) is 0 Å². The van der Waals surface area contributed by atoms with Crippen LogP contribution in [0.2, 0.25) is 0 Å². The van der Waals surface area contributed by atoms with Crippen molar-refractivity contribution in [2.75, 3.05) is 5.33 Å². The van der Waals surface area contributed by atoms with Gasteiger partial charge in [0.2, 0.25) is 0 Å². The van der Waals surface area contributed by atoms with Gasteiger partial charge < -0.3 is 0 Å². The fourth-order valence-corrected chi connectivity index (χ4v) is 2.74. The van der Waals surface area contributed by atoms with Crippen molar-refractivity contribution in [2.45, 2.75) is 39.5 Å². The number of alkyl halides is 1. The zero-order valence-corrected chi connectivity index (χ0v) is 8.58. The van der Waals surface area contributed by atoms with Gasteiger partial charge in [0, 0.05) is 5.33 Å². The lowest BCUT2D eigenvalue weighted by atomic mass is 9.99. The molecule has 0 aromatic carbocycles. The predicted octanol–water partition coefficient (Wildman–Crippen LogP) is 3.60. The van der Waals surface area contributed by atoms with E-state index in [0.29, 0.717) is 0 Å². The van der Waals surface area contributed by atoms with Gasteiger partial charge in [0.1, 0.15) is 0 Å². The molecular weight excluding hydrogens is 188 g/mol. The second-order valence-electron chi connectivity index (χ2n) is 3.70. The second kappa shape index (κ2) is 3.25. The van der Waals surface area contributed by atoms with Crippen LogP contribution < -0.4 is 0 Å². The van der Waals surface area contributed by atoms with E-state index in [1.165, 1.54) is 31.0 Å². The Balaban J connectivity index is 2.23. The summed E-state index contributed by atoms with van der Waals surface area (Å²) in [7, 11) is 0. The van der Waals surface area contributed by atoms with E-state index in [2.05, 4.69) is 29.8 Å².